The van der Waals surface area contributed by atoms with Crippen LogP contribution in [0.1, 0.15) is 22.7 Å². The maximum atomic E-state index is 6.07. The number of amidine groups is 1. The number of hydrogen-bond acceptors (Lipinski definition) is 3. The third kappa shape index (κ3) is 5.19. The van der Waals surface area contributed by atoms with E-state index in [0.717, 1.165) is 61.3 Å². The van der Waals surface area contributed by atoms with Gasteiger partial charge in [0, 0.05) is 22.0 Å². The summed E-state index contributed by atoms with van der Waals surface area (Å²) in [6.45, 7) is 0. The zero-order valence-corrected chi connectivity index (χ0v) is 27.8. The van der Waals surface area contributed by atoms with Gasteiger partial charge >= 0.3 is 0 Å². The molecule has 0 spiro atoms. The molecular weight excluding hydrogens is 621 g/mol. The first kappa shape index (κ1) is 29.2. The molecular formula is C48H32N2O. The lowest BCUT2D eigenvalue weighted by molar-refractivity contribution is 0.669. The van der Waals surface area contributed by atoms with Crippen LogP contribution in [-0.2, 0) is 0 Å². The molecule has 0 saturated heterocycles. The van der Waals surface area contributed by atoms with Gasteiger partial charge in [0.1, 0.15) is 17.0 Å². The fraction of sp³-hybridized carbons (Fsp3) is 0.0208. The molecule has 1 N–H and O–H groups in total. The maximum absolute atomic E-state index is 6.07. The summed E-state index contributed by atoms with van der Waals surface area (Å²) in [5.41, 5.74) is 10.9. The summed E-state index contributed by atoms with van der Waals surface area (Å²) in [5.74, 6) is 0.865. The molecule has 1 aliphatic heterocycles. The van der Waals surface area contributed by atoms with Gasteiger partial charge in [-0.3, -0.25) is 4.99 Å². The average Bonchev–Trinajstić information content (AvgIpc) is 3.59. The first-order valence-corrected chi connectivity index (χ1v) is 17.4. The van der Waals surface area contributed by atoms with E-state index < -0.39 is 0 Å². The molecule has 0 bridgehead atoms. The molecule has 0 fully saturated rings. The zero-order valence-electron chi connectivity index (χ0n) is 27.8. The molecule has 8 aromatic carbocycles. The number of benzene rings is 8. The highest BCUT2D eigenvalue weighted by molar-refractivity contribution is 6.14. The molecule has 0 saturated carbocycles. The van der Waals surface area contributed by atoms with Crippen LogP contribution in [0.5, 0.6) is 0 Å². The second kappa shape index (κ2) is 12.0. The molecule has 2 heterocycles. The van der Waals surface area contributed by atoms with Crippen molar-refractivity contribution in [3.05, 3.63) is 199 Å². The van der Waals surface area contributed by atoms with E-state index in [1.165, 1.54) is 32.7 Å². The predicted molar refractivity (Wildman–Crippen MR) is 213 cm³/mol. The van der Waals surface area contributed by atoms with Crippen molar-refractivity contribution in [3.63, 3.8) is 0 Å². The van der Waals surface area contributed by atoms with E-state index in [1.807, 2.05) is 18.2 Å². The number of furan rings is 1. The standard InChI is InChI=1S/C48H32N2O/c1-2-10-35(11-3-1)48-49-44(33-22-18-31(19-23-33)36-26-27-47-43(28-36)41-16-8-9-17-46(41)51-47)30-45(50-48)34-24-20-32(21-25-34)42-29-37-12-4-5-13-38(37)39-14-6-7-15-40(39)42/h1-30,44H,(H,49,50). The van der Waals surface area contributed by atoms with E-state index in [-0.39, 0.29) is 6.04 Å². The smallest absolute Gasteiger partial charge is 0.135 e. The van der Waals surface area contributed by atoms with Gasteiger partial charge in [-0.05, 0) is 85.3 Å². The Balaban J connectivity index is 1.00. The molecule has 1 unspecified atom stereocenters. The molecule has 3 heteroatoms. The highest BCUT2D eigenvalue weighted by Crippen LogP contribution is 2.37. The van der Waals surface area contributed by atoms with Crippen LogP contribution in [0, 0.1) is 0 Å². The molecule has 1 atom stereocenters. The summed E-state index contributed by atoms with van der Waals surface area (Å²) < 4.78 is 6.07. The third-order valence-corrected chi connectivity index (χ3v) is 10.1. The van der Waals surface area contributed by atoms with Crippen LogP contribution in [-0.4, -0.2) is 5.84 Å². The summed E-state index contributed by atoms with van der Waals surface area (Å²) in [4.78, 5) is 5.21. The monoisotopic (exact) mass is 652 g/mol. The third-order valence-electron chi connectivity index (χ3n) is 10.1. The van der Waals surface area contributed by atoms with Crippen molar-refractivity contribution in [2.75, 3.05) is 0 Å². The first-order valence-electron chi connectivity index (χ1n) is 17.4. The number of nitrogens with zero attached hydrogens (tertiary/aromatic N) is 1. The van der Waals surface area contributed by atoms with Gasteiger partial charge in [0.05, 0.1) is 6.04 Å². The Kier molecular flexibility index (Phi) is 6.88. The van der Waals surface area contributed by atoms with E-state index >= 15 is 0 Å². The number of hydrogen-bond donors (Lipinski definition) is 1. The summed E-state index contributed by atoms with van der Waals surface area (Å²) in [5, 5.41) is 11.0. The topological polar surface area (TPSA) is 37.5 Å². The average molecular weight is 653 g/mol. The molecule has 1 aromatic heterocycles. The van der Waals surface area contributed by atoms with Crippen LogP contribution in [0.25, 0.3) is 71.4 Å². The Morgan fingerprint density at radius 2 is 1.06 bits per heavy atom. The van der Waals surface area contributed by atoms with Crippen LogP contribution in [0.2, 0.25) is 0 Å². The predicted octanol–water partition coefficient (Wildman–Crippen LogP) is 12.4. The summed E-state index contributed by atoms with van der Waals surface area (Å²) in [6, 6.07) is 62.3. The summed E-state index contributed by atoms with van der Waals surface area (Å²) >= 11 is 0. The minimum Gasteiger partial charge on any atom is -0.456 e. The molecule has 0 aliphatic carbocycles. The van der Waals surface area contributed by atoms with Crippen molar-refractivity contribution in [2.45, 2.75) is 6.04 Å². The zero-order chi connectivity index (χ0) is 33.7. The molecule has 3 nitrogen and oxygen atoms in total. The van der Waals surface area contributed by atoms with Crippen molar-refractivity contribution in [1.82, 2.24) is 5.32 Å². The van der Waals surface area contributed by atoms with E-state index in [4.69, 9.17) is 9.41 Å². The quantitative estimate of drug-likeness (QED) is 0.188. The Hall–Kier alpha value is -6.71. The van der Waals surface area contributed by atoms with Gasteiger partial charge in [-0.25, -0.2) is 0 Å². The fourth-order valence-corrected chi connectivity index (χ4v) is 7.52. The van der Waals surface area contributed by atoms with Crippen molar-refractivity contribution >= 4 is 55.0 Å². The molecule has 0 amide bonds. The highest BCUT2D eigenvalue weighted by atomic mass is 16.3. The molecule has 0 radical (unpaired) electrons. The largest absolute Gasteiger partial charge is 0.456 e. The van der Waals surface area contributed by atoms with Gasteiger partial charge in [-0.1, -0.05) is 152 Å². The molecule has 10 rings (SSSR count). The van der Waals surface area contributed by atoms with E-state index in [9.17, 15) is 0 Å². The molecule has 51 heavy (non-hydrogen) atoms. The number of rotatable bonds is 5. The van der Waals surface area contributed by atoms with Crippen molar-refractivity contribution < 1.29 is 4.42 Å². The van der Waals surface area contributed by atoms with Gasteiger partial charge in [0.15, 0.2) is 0 Å². The van der Waals surface area contributed by atoms with Gasteiger partial charge in [0.25, 0.3) is 0 Å². The lowest BCUT2D eigenvalue weighted by Gasteiger charge is -2.23. The van der Waals surface area contributed by atoms with Crippen LogP contribution in [0.4, 0.5) is 0 Å². The van der Waals surface area contributed by atoms with E-state index in [1.54, 1.807) is 0 Å². The van der Waals surface area contributed by atoms with Crippen LogP contribution >= 0.6 is 0 Å². The Morgan fingerprint density at radius 3 is 1.88 bits per heavy atom. The SMILES string of the molecule is C1=C(c2ccc(-c3cc4ccccc4c4ccccc34)cc2)NC(c2ccccc2)=NC1c1ccc(-c2ccc3oc4ccccc4c3c2)cc1. The van der Waals surface area contributed by atoms with Crippen molar-refractivity contribution in [2.24, 2.45) is 4.99 Å². The van der Waals surface area contributed by atoms with Crippen LogP contribution in [0.15, 0.2) is 191 Å². The number of aliphatic imine (C=N–C) groups is 1. The lowest BCUT2D eigenvalue weighted by Crippen LogP contribution is -2.27. The normalized spacial score (nSPS) is 14.5. The highest BCUT2D eigenvalue weighted by Gasteiger charge is 2.20. The van der Waals surface area contributed by atoms with Crippen molar-refractivity contribution in [1.29, 1.82) is 0 Å². The number of fused-ring (bicyclic) bond motifs is 6. The second-order valence-corrected chi connectivity index (χ2v) is 13.2. The summed E-state index contributed by atoms with van der Waals surface area (Å²) in [7, 11) is 0. The minimum atomic E-state index is -0.144. The summed E-state index contributed by atoms with van der Waals surface area (Å²) in [6.07, 6.45) is 2.24. The number of para-hydroxylation sites is 1. The Morgan fingerprint density at radius 1 is 0.431 bits per heavy atom. The number of nitrogens with one attached hydrogen (secondary N) is 1. The minimum absolute atomic E-state index is 0.144. The van der Waals surface area contributed by atoms with Gasteiger partial charge in [-0.15, -0.1) is 0 Å². The fourth-order valence-electron chi connectivity index (χ4n) is 7.52. The van der Waals surface area contributed by atoms with E-state index in [2.05, 4.69) is 169 Å². The van der Waals surface area contributed by atoms with Gasteiger partial charge in [-0.2, -0.15) is 0 Å². The molecule has 9 aromatic rings. The van der Waals surface area contributed by atoms with Crippen molar-refractivity contribution in [3.8, 4) is 22.3 Å². The van der Waals surface area contributed by atoms with Crippen LogP contribution in [0.3, 0.4) is 0 Å². The Labute approximate surface area is 295 Å². The molecule has 240 valence electrons. The van der Waals surface area contributed by atoms with E-state index in [0.29, 0.717) is 0 Å². The van der Waals surface area contributed by atoms with Gasteiger partial charge in [0.2, 0.25) is 0 Å². The van der Waals surface area contributed by atoms with Crippen LogP contribution < -0.4 is 5.32 Å². The second-order valence-electron chi connectivity index (χ2n) is 13.2. The Bertz CT molecular complexity index is 2810. The van der Waals surface area contributed by atoms with Gasteiger partial charge < -0.3 is 9.73 Å². The first-order chi connectivity index (χ1) is 25.2. The lowest BCUT2D eigenvalue weighted by atomic mass is 9.92. The molecule has 1 aliphatic rings. The maximum Gasteiger partial charge on any atom is 0.135 e.